The number of aromatic nitrogens is 1. The van der Waals surface area contributed by atoms with Crippen LogP contribution in [0.1, 0.15) is 35.5 Å². The summed E-state index contributed by atoms with van der Waals surface area (Å²) in [7, 11) is 0. The fourth-order valence-corrected chi connectivity index (χ4v) is 2.03. The van der Waals surface area contributed by atoms with Gasteiger partial charge >= 0.3 is 0 Å². The molecule has 2 rings (SSSR count). The van der Waals surface area contributed by atoms with E-state index in [0.29, 0.717) is 25.3 Å². The molecule has 20 heavy (non-hydrogen) atoms. The molecule has 1 fully saturated rings. The van der Waals surface area contributed by atoms with Crippen LogP contribution in [0.2, 0.25) is 0 Å². The van der Waals surface area contributed by atoms with Crippen LogP contribution in [0.3, 0.4) is 0 Å². The van der Waals surface area contributed by atoms with Crippen molar-refractivity contribution < 1.29 is 18.8 Å². The molecule has 1 aromatic rings. The van der Waals surface area contributed by atoms with E-state index in [2.05, 4.69) is 15.8 Å². The largest absolute Gasteiger partial charge is 0.378 e. The van der Waals surface area contributed by atoms with Crippen molar-refractivity contribution in [2.24, 2.45) is 0 Å². The van der Waals surface area contributed by atoms with Gasteiger partial charge in [0.1, 0.15) is 5.76 Å². The Bertz CT molecular complexity index is 466. The minimum atomic E-state index is -0.310. The van der Waals surface area contributed by atoms with Crippen LogP contribution in [0.4, 0.5) is 0 Å². The van der Waals surface area contributed by atoms with Crippen LogP contribution in [-0.2, 0) is 9.53 Å². The molecule has 0 unspecified atom stereocenters. The highest BCUT2D eigenvalue weighted by molar-refractivity contribution is 5.92. The second-order valence-corrected chi connectivity index (χ2v) is 4.77. The van der Waals surface area contributed by atoms with Crippen LogP contribution in [0.25, 0.3) is 0 Å². The molecule has 1 atom stereocenters. The predicted octanol–water partition coefficient (Wildman–Crippen LogP) is 0.398. The zero-order chi connectivity index (χ0) is 14.4. The maximum Gasteiger partial charge on any atom is 0.273 e. The summed E-state index contributed by atoms with van der Waals surface area (Å²) in [5, 5.41) is 9.01. The van der Waals surface area contributed by atoms with Gasteiger partial charge in [0.15, 0.2) is 5.69 Å². The minimum absolute atomic E-state index is 0.0442. The lowest BCUT2D eigenvalue weighted by Crippen LogP contribution is -2.35. The van der Waals surface area contributed by atoms with Crippen molar-refractivity contribution in [3.05, 3.63) is 17.5 Å². The Balaban J connectivity index is 1.58. The second kappa shape index (κ2) is 7.04. The standard InChI is InChI=1S/C13H19N3O4/c1-9-7-11(16-20-9)13(18)15-5-4-14-12(17)8-10-3-2-6-19-10/h7,10H,2-6,8H2,1H3,(H,14,17)(H,15,18)/t10-/m0/s1. The fourth-order valence-electron chi connectivity index (χ4n) is 2.03. The first-order valence-electron chi connectivity index (χ1n) is 6.75. The molecule has 110 valence electrons. The van der Waals surface area contributed by atoms with Gasteiger partial charge in [0.05, 0.1) is 12.5 Å². The Hall–Kier alpha value is -1.89. The van der Waals surface area contributed by atoms with E-state index < -0.39 is 0 Å². The van der Waals surface area contributed by atoms with Crippen molar-refractivity contribution in [2.75, 3.05) is 19.7 Å². The number of ether oxygens (including phenoxy) is 1. The van der Waals surface area contributed by atoms with Gasteiger partial charge in [-0.15, -0.1) is 0 Å². The van der Waals surface area contributed by atoms with Gasteiger partial charge in [-0.05, 0) is 19.8 Å². The molecule has 1 aliphatic heterocycles. The number of hydrogen-bond donors (Lipinski definition) is 2. The molecule has 2 heterocycles. The highest BCUT2D eigenvalue weighted by atomic mass is 16.5. The average molecular weight is 281 g/mol. The Morgan fingerprint density at radius 2 is 2.20 bits per heavy atom. The van der Waals surface area contributed by atoms with Crippen LogP contribution in [-0.4, -0.2) is 42.8 Å². The Kier molecular flexibility index (Phi) is 5.11. The summed E-state index contributed by atoms with van der Waals surface area (Å²) in [6, 6.07) is 1.56. The van der Waals surface area contributed by atoms with Gasteiger partial charge in [-0.2, -0.15) is 0 Å². The highest BCUT2D eigenvalue weighted by Crippen LogP contribution is 2.14. The van der Waals surface area contributed by atoms with Crippen molar-refractivity contribution in [1.29, 1.82) is 0 Å². The summed E-state index contributed by atoms with van der Waals surface area (Å²) < 4.78 is 10.2. The summed E-state index contributed by atoms with van der Waals surface area (Å²) in [6.07, 6.45) is 2.39. The maximum absolute atomic E-state index is 11.6. The van der Waals surface area contributed by atoms with Crippen molar-refractivity contribution in [3.8, 4) is 0 Å². The molecule has 0 spiro atoms. The quantitative estimate of drug-likeness (QED) is 0.736. The number of nitrogens with zero attached hydrogens (tertiary/aromatic N) is 1. The summed E-state index contributed by atoms with van der Waals surface area (Å²) in [5.74, 6) is 0.221. The van der Waals surface area contributed by atoms with E-state index in [1.807, 2.05) is 0 Å². The second-order valence-electron chi connectivity index (χ2n) is 4.77. The summed E-state index contributed by atoms with van der Waals surface area (Å²) in [6.45, 7) is 3.19. The lowest BCUT2D eigenvalue weighted by Gasteiger charge is -2.09. The van der Waals surface area contributed by atoms with E-state index in [9.17, 15) is 9.59 Å². The van der Waals surface area contributed by atoms with E-state index in [1.165, 1.54) is 0 Å². The molecule has 1 aliphatic rings. The van der Waals surface area contributed by atoms with E-state index in [4.69, 9.17) is 9.26 Å². The lowest BCUT2D eigenvalue weighted by molar-refractivity contribution is -0.123. The molecule has 0 aromatic carbocycles. The molecule has 2 N–H and O–H groups in total. The van der Waals surface area contributed by atoms with Crippen molar-refractivity contribution in [3.63, 3.8) is 0 Å². The molecule has 7 heteroatoms. The van der Waals surface area contributed by atoms with Gasteiger partial charge in [0, 0.05) is 25.8 Å². The molecular weight excluding hydrogens is 262 g/mol. The van der Waals surface area contributed by atoms with Crippen LogP contribution < -0.4 is 10.6 Å². The van der Waals surface area contributed by atoms with E-state index in [-0.39, 0.29) is 23.6 Å². The minimum Gasteiger partial charge on any atom is -0.378 e. The Morgan fingerprint density at radius 1 is 1.40 bits per heavy atom. The Labute approximate surface area is 117 Å². The summed E-state index contributed by atoms with van der Waals surface area (Å²) in [4.78, 5) is 23.2. The maximum atomic E-state index is 11.6. The first kappa shape index (κ1) is 14.5. The van der Waals surface area contributed by atoms with Gasteiger partial charge in [0.25, 0.3) is 5.91 Å². The van der Waals surface area contributed by atoms with Gasteiger partial charge in [-0.3, -0.25) is 9.59 Å². The number of carbonyl (C=O) groups excluding carboxylic acids is 2. The van der Waals surface area contributed by atoms with Crippen LogP contribution in [0, 0.1) is 6.92 Å². The fraction of sp³-hybridized carbons (Fsp3) is 0.615. The van der Waals surface area contributed by atoms with Gasteiger partial charge < -0.3 is 19.9 Å². The molecule has 2 amide bonds. The highest BCUT2D eigenvalue weighted by Gasteiger charge is 2.18. The number of amides is 2. The van der Waals surface area contributed by atoms with Crippen molar-refractivity contribution in [2.45, 2.75) is 32.3 Å². The summed E-state index contributed by atoms with van der Waals surface area (Å²) >= 11 is 0. The number of carbonyl (C=O) groups is 2. The van der Waals surface area contributed by atoms with E-state index in [1.54, 1.807) is 13.0 Å². The van der Waals surface area contributed by atoms with Crippen molar-refractivity contribution in [1.82, 2.24) is 15.8 Å². The van der Waals surface area contributed by atoms with Crippen LogP contribution >= 0.6 is 0 Å². The summed E-state index contributed by atoms with van der Waals surface area (Å²) in [5.41, 5.74) is 0.244. The Morgan fingerprint density at radius 3 is 2.85 bits per heavy atom. The average Bonchev–Trinajstić information content (AvgIpc) is 3.06. The number of hydrogen-bond acceptors (Lipinski definition) is 5. The van der Waals surface area contributed by atoms with E-state index in [0.717, 1.165) is 19.4 Å². The van der Waals surface area contributed by atoms with Gasteiger partial charge in [0.2, 0.25) is 5.91 Å². The predicted molar refractivity (Wildman–Crippen MR) is 70.2 cm³/mol. The molecule has 0 saturated carbocycles. The third kappa shape index (κ3) is 4.34. The molecular formula is C13H19N3O4. The van der Waals surface area contributed by atoms with E-state index >= 15 is 0 Å². The molecule has 0 radical (unpaired) electrons. The van der Waals surface area contributed by atoms with Crippen LogP contribution in [0.5, 0.6) is 0 Å². The first-order valence-corrected chi connectivity index (χ1v) is 6.75. The third-order valence-corrected chi connectivity index (χ3v) is 3.03. The topological polar surface area (TPSA) is 93.5 Å². The lowest BCUT2D eigenvalue weighted by atomic mass is 10.2. The molecule has 1 aromatic heterocycles. The number of aryl methyl sites for hydroxylation is 1. The molecule has 0 aliphatic carbocycles. The zero-order valence-corrected chi connectivity index (χ0v) is 11.5. The molecule has 1 saturated heterocycles. The first-order chi connectivity index (χ1) is 9.65. The monoisotopic (exact) mass is 281 g/mol. The SMILES string of the molecule is Cc1cc(C(=O)NCCNC(=O)C[C@@H]2CCCO2)no1. The zero-order valence-electron chi connectivity index (χ0n) is 11.5. The number of rotatable bonds is 6. The third-order valence-electron chi connectivity index (χ3n) is 3.03. The smallest absolute Gasteiger partial charge is 0.273 e. The normalized spacial score (nSPS) is 17.9. The van der Waals surface area contributed by atoms with Crippen LogP contribution in [0.15, 0.2) is 10.6 Å². The number of nitrogens with one attached hydrogen (secondary N) is 2. The van der Waals surface area contributed by atoms with Gasteiger partial charge in [-0.25, -0.2) is 0 Å². The molecule has 7 nitrogen and oxygen atoms in total. The molecule has 0 bridgehead atoms. The van der Waals surface area contributed by atoms with Gasteiger partial charge in [-0.1, -0.05) is 5.16 Å². The van der Waals surface area contributed by atoms with Crippen molar-refractivity contribution >= 4 is 11.8 Å².